The number of para-hydroxylation sites is 1. The summed E-state index contributed by atoms with van der Waals surface area (Å²) in [6.07, 6.45) is 11.3. The minimum absolute atomic E-state index is 0.292. The van der Waals surface area contributed by atoms with Crippen molar-refractivity contribution in [3.63, 3.8) is 0 Å². The van der Waals surface area contributed by atoms with Gasteiger partial charge in [-0.1, -0.05) is 148 Å². The molecule has 6 unspecified atom stereocenters. The molecule has 5 aliphatic rings. The topological polar surface area (TPSA) is 8.17 Å². The molecule has 328 valence electrons. The molecule has 0 N–H and O–H groups in total. The number of benzene rings is 8. The van der Waals surface area contributed by atoms with Gasteiger partial charge in [0.2, 0.25) is 0 Å². The number of hydrogen-bond acceptors (Lipinski definition) is 1. The fourth-order valence-corrected chi connectivity index (χ4v) is 14.6. The van der Waals surface area contributed by atoms with Gasteiger partial charge in [-0.25, -0.2) is 0 Å². The third kappa shape index (κ3) is 6.21. The molecule has 0 radical (unpaired) electrons. The zero-order valence-electron chi connectivity index (χ0n) is 38.8. The van der Waals surface area contributed by atoms with Gasteiger partial charge in [-0.3, -0.25) is 0 Å². The monoisotopic (exact) mass is 866 g/mol. The van der Waals surface area contributed by atoms with Gasteiger partial charge in [0.15, 0.2) is 0 Å². The van der Waals surface area contributed by atoms with E-state index in [-0.39, 0.29) is 5.41 Å². The predicted octanol–water partition coefficient (Wildman–Crippen LogP) is 17.7. The van der Waals surface area contributed by atoms with Crippen LogP contribution in [0.15, 0.2) is 182 Å². The van der Waals surface area contributed by atoms with Crippen LogP contribution in [0.4, 0.5) is 17.1 Å². The fraction of sp³-hybridized carbons (Fsp3) is 0.262. The molecule has 0 amide bonds. The molecule has 5 aliphatic carbocycles. The summed E-state index contributed by atoms with van der Waals surface area (Å²) in [6, 6.07) is 69.6. The van der Waals surface area contributed by atoms with E-state index in [9.17, 15) is 0 Å². The average Bonchev–Trinajstić information content (AvgIpc) is 4.27. The Balaban J connectivity index is 0.939. The van der Waals surface area contributed by atoms with Crippen molar-refractivity contribution in [1.29, 1.82) is 0 Å². The zero-order chi connectivity index (χ0) is 44.4. The maximum absolute atomic E-state index is 2.58. The van der Waals surface area contributed by atoms with Gasteiger partial charge < -0.3 is 9.47 Å². The third-order valence-corrected chi connectivity index (χ3v) is 17.7. The molecule has 9 aromatic rings. The first-order chi connectivity index (χ1) is 32.9. The maximum Gasteiger partial charge on any atom is 0.0588 e. The van der Waals surface area contributed by atoms with E-state index in [1.807, 2.05) is 0 Å². The molecule has 0 spiro atoms. The van der Waals surface area contributed by atoms with E-state index in [0.717, 1.165) is 35.5 Å². The summed E-state index contributed by atoms with van der Waals surface area (Å²) in [5.74, 6) is 5.05. The van der Waals surface area contributed by atoms with Crippen molar-refractivity contribution in [2.45, 2.75) is 82.5 Å². The molecular weight excluding hydrogens is 809 g/mol. The van der Waals surface area contributed by atoms with Crippen molar-refractivity contribution in [2.24, 2.45) is 23.7 Å². The van der Waals surface area contributed by atoms with Crippen LogP contribution in [0.2, 0.25) is 0 Å². The second-order valence-electron chi connectivity index (χ2n) is 21.6. The largest absolute Gasteiger partial charge is 0.310 e. The Hall–Kier alpha value is -6.64. The molecule has 4 saturated carbocycles. The van der Waals surface area contributed by atoms with Gasteiger partial charge >= 0.3 is 0 Å². The van der Waals surface area contributed by atoms with E-state index in [1.54, 1.807) is 0 Å². The lowest BCUT2D eigenvalue weighted by Gasteiger charge is -2.30. The van der Waals surface area contributed by atoms with E-state index < -0.39 is 0 Å². The summed E-state index contributed by atoms with van der Waals surface area (Å²) in [5, 5.41) is 2.60. The van der Waals surface area contributed by atoms with Crippen LogP contribution in [0.1, 0.15) is 99.3 Å². The van der Waals surface area contributed by atoms with Gasteiger partial charge in [0, 0.05) is 38.9 Å². The molecule has 1 aromatic heterocycles. The molecule has 4 fully saturated rings. The molecule has 0 aliphatic heterocycles. The highest BCUT2D eigenvalue weighted by Crippen LogP contribution is 2.57. The first-order valence-corrected chi connectivity index (χ1v) is 25.4. The van der Waals surface area contributed by atoms with E-state index in [4.69, 9.17) is 0 Å². The van der Waals surface area contributed by atoms with Crippen molar-refractivity contribution in [2.75, 3.05) is 4.90 Å². The summed E-state index contributed by atoms with van der Waals surface area (Å²) in [7, 11) is 0. The lowest BCUT2D eigenvalue weighted by Crippen LogP contribution is -2.18. The number of anilines is 3. The van der Waals surface area contributed by atoms with Gasteiger partial charge in [0.25, 0.3) is 0 Å². The average molecular weight is 867 g/mol. The van der Waals surface area contributed by atoms with Gasteiger partial charge in [-0.15, -0.1) is 0 Å². The predicted molar refractivity (Wildman–Crippen MR) is 280 cm³/mol. The number of hydrogen-bond donors (Lipinski definition) is 0. The molecule has 4 bridgehead atoms. The van der Waals surface area contributed by atoms with Crippen LogP contribution in [0, 0.1) is 23.7 Å². The molecule has 6 atom stereocenters. The van der Waals surface area contributed by atoms with Crippen molar-refractivity contribution < 1.29 is 0 Å². The smallest absolute Gasteiger partial charge is 0.0588 e. The lowest BCUT2D eigenvalue weighted by atomic mass is 9.81. The Kier molecular flexibility index (Phi) is 8.96. The summed E-state index contributed by atoms with van der Waals surface area (Å²) < 4.78 is 2.58. The summed E-state index contributed by atoms with van der Waals surface area (Å²) in [4.78, 5) is 2.54. The Bertz CT molecular complexity index is 3270. The molecule has 1 heterocycles. The number of rotatable bonds is 8. The van der Waals surface area contributed by atoms with E-state index in [2.05, 4.69) is 205 Å². The van der Waals surface area contributed by atoms with Crippen LogP contribution in [0.5, 0.6) is 0 Å². The Morgan fingerprint density at radius 3 is 1.58 bits per heavy atom. The van der Waals surface area contributed by atoms with Gasteiger partial charge in [-0.2, -0.15) is 0 Å². The van der Waals surface area contributed by atoms with Crippen LogP contribution in [-0.4, -0.2) is 4.57 Å². The molecule has 0 saturated heterocycles. The Morgan fingerprint density at radius 1 is 0.463 bits per heavy atom. The van der Waals surface area contributed by atoms with Crippen molar-refractivity contribution in [3.8, 4) is 39.1 Å². The molecule has 2 heteroatoms. The number of nitrogens with zero attached hydrogens (tertiary/aromatic N) is 2. The summed E-state index contributed by atoms with van der Waals surface area (Å²) >= 11 is 0. The molecule has 14 rings (SSSR count). The van der Waals surface area contributed by atoms with E-state index in [1.165, 1.54) is 152 Å². The van der Waals surface area contributed by atoms with Gasteiger partial charge in [0.05, 0.1) is 11.0 Å². The van der Waals surface area contributed by atoms with Crippen molar-refractivity contribution in [1.82, 2.24) is 4.57 Å². The SMILES string of the molecule is CC1(C)c2cc(N(c3ccc(C4CC5CCC4C5)cc3)c3ccc(C4CC5CCC4C5)cc3)ccc2-c2ccc3c4c(-c5ccccc5)cc(-c5ccccc5)cc4n(-c4ccccc4)c3c21. The van der Waals surface area contributed by atoms with Crippen LogP contribution in [-0.2, 0) is 5.41 Å². The third-order valence-electron chi connectivity index (χ3n) is 17.7. The molecule has 8 aromatic carbocycles. The van der Waals surface area contributed by atoms with Gasteiger partial charge in [-0.05, 0) is 190 Å². The number of aromatic nitrogens is 1. The highest BCUT2D eigenvalue weighted by Gasteiger charge is 2.42. The number of fused-ring (bicyclic) bond motifs is 11. The molecule has 2 nitrogen and oxygen atoms in total. The zero-order valence-corrected chi connectivity index (χ0v) is 38.8. The van der Waals surface area contributed by atoms with Gasteiger partial charge in [0.1, 0.15) is 0 Å². The van der Waals surface area contributed by atoms with Crippen LogP contribution >= 0.6 is 0 Å². The Labute approximate surface area is 395 Å². The van der Waals surface area contributed by atoms with Crippen molar-refractivity contribution in [3.05, 3.63) is 204 Å². The standard InChI is InChI=1S/C65H58N2/c1-65(2)60-40-53(66(51-26-22-45(23-27-51)57-36-41-18-20-47(57)34-41)52-28-24-46(25-29-52)58-37-42-19-21-48(58)35-42)30-31-54(60)55-32-33-56-62-59(44-14-8-4-9-15-44)38-49(43-12-6-3-7-13-43)39-61(62)67(64(56)63(55)65)50-16-10-5-11-17-50/h3-17,22-33,38-42,47-48,57-58H,18-21,34-37H2,1-2H3. The van der Waals surface area contributed by atoms with Crippen LogP contribution in [0.3, 0.4) is 0 Å². The summed E-state index contributed by atoms with van der Waals surface area (Å²) in [5.41, 5.74) is 20.6. The first kappa shape index (κ1) is 39.5. The molecule has 67 heavy (non-hydrogen) atoms. The second-order valence-corrected chi connectivity index (χ2v) is 21.6. The minimum Gasteiger partial charge on any atom is -0.310 e. The normalized spacial score (nSPS) is 23.0. The van der Waals surface area contributed by atoms with Crippen molar-refractivity contribution >= 4 is 38.9 Å². The lowest BCUT2D eigenvalue weighted by molar-refractivity contribution is 0.420. The first-order valence-electron chi connectivity index (χ1n) is 25.4. The summed E-state index contributed by atoms with van der Waals surface area (Å²) in [6.45, 7) is 4.94. The van der Waals surface area contributed by atoms with E-state index in [0.29, 0.717) is 0 Å². The maximum atomic E-state index is 2.58. The minimum atomic E-state index is -0.292. The van der Waals surface area contributed by atoms with Crippen LogP contribution in [0.25, 0.3) is 60.9 Å². The Morgan fingerprint density at radius 2 is 1.01 bits per heavy atom. The molecular formula is C65H58N2. The quantitative estimate of drug-likeness (QED) is 0.148. The fourth-order valence-electron chi connectivity index (χ4n) is 14.6. The highest BCUT2D eigenvalue weighted by molar-refractivity contribution is 6.19. The van der Waals surface area contributed by atoms with Crippen LogP contribution < -0.4 is 4.90 Å². The highest BCUT2D eigenvalue weighted by atomic mass is 15.1. The van der Waals surface area contributed by atoms with E-state index >= 15 is 0 Å². The second kappa shape index (κ2) is 15.2.